The predicted octanol–water partition coefficient (Wildman–Crippen LogP) is 1.37. The largest absolute Gasteiger partial charge is 0.497 e. The van der Waals surface area contributed by atoms with Crippen molar-refractivity contribution in [1.82, 2.24) is 15.5 Å². The van der Waals surface area contributed by atoms with Crippen molar-refractivity contribution in [3.05, 3.63) is 46.8 Å². The van der Waals surface area contributed by atoms with Gasteiger partial charge in [0.05, 0.1) is 13.2 Å². The number of ether oxygens (including phenoxy) is 1. The van der Waals surface area contributed by atoms with E-state index in [2.05, 4.69) is 15.5 Å². The molecule has 1 amide bonds. The second kappa shape index (κ2) is 6.19. The van der Waals surface area contributed by atoms with Crippen LogP contribution in [0.1, 0.15) is 39.8 Å². The first-order chi connectivity index (χ1) is 10.7. The Balaban J connectivity index is 1.62. The molecule has 1 heterocycles. The third-order valence-electron chi connectivity index (χ3n) is 3.96. The van der Waals surface area contributed by atoms with E-state index in [1.54, 1.807) is 25.3 Å². The normalized spacial score (nSPS) is 14.5. The number of aromatic amines is 1. The first-order valence-electron chi connectivity index (χ1n) is 7.35. The van der Waals surface area contributed by atoms with Gasteiger partial charge in [-0.05, 0) is 37.0 Å². The van der Waals surface area contributed by atoms with E-state index < -0.39 is 6.10 Å². The van der Waals surface area contributed by atoms with Gasteiger partial charge in [0.15, 0.2) is 5.69 Å². The quantitative estimate of drug-likeness (QED) is 0.778. The van der Waals surface area contributed by atoms with Crippen LogP contribution < -0.4 is 10.1 Å². The summed E-state index contributed by atoms with van der Waals surface area (Å²) in [4.78, 5) is 12.2. The van der Waals surface area contributed by atoms with E-state index in [4.69, 9.17) is 4.74 Å². The van der Waals surface area contributed by atoms with E-state index in [1.807, 2.05) is 6.07 Å². The number of rotatable bonds is 5. The molecule has 1 aliphatic carbocycles. The minimum atomic E-state index is -0.786. The van der Waals surface area contributed by atoms with E-state index >= 15 is 0 Å². The summed E-state index contributed by atoms with van der Waals surface area (Å²) < 4.78 is 5.13. The Hall–Kier alpha value is -2.34. The van der Waals surface area contributed by atoms with Crippen molar-refractivity contribution in [2.75, 3.05) is 13.7 Å². The molecule has 0 saturated carbocycles. The zero-order chi connectivity index (χ0) is 15.5. The molecule has 3 rings (SSSR count). The lowest BCUT2D eigenvalue weighted by Gasteiger charge is -2.13. The van der Waals surface area contributed by atoms with Gasteiger partial charge in [0.2, 0.25) is 0 Å². The van der Waals surface area contributed by atoms with Gasteiger partial charge in [0.1, 0.15) is 5.75 Å². The first-order valence-corrected chi connectivity index (χ1v) is 7.35. The van der Waals surface area contributed by atoms with Crippen molar-refractivity contribution >= 4 is 5.91 Å². The summed E-state index contributed by atoms with van der Waals surface area (Å²) in [6.45, 7) is 0.133. The molecular formula is C16H19N3O3. The van der Waals surface area contributed by atoms with Crippen molar-refractivity contribution in [1.29, 1.82) is 0 Å². The number of amides is 1. The molecule has 0 bridgehead atoms. The molecule has 0 aliphatic heterocycles. The van der Waals surface area contributed by atoms with Gasteiger partial charge in [0, 0.05) is 17.8 Å². The number of carbonyl (C=O) groups is 1. The van der Waals surface area contributed by atoms with Crippen LogP contribution in [0.3, 0.4) is 0 Å². The molecule has 1 unspecified atom stereocenters. The van der Waals surface area contributed by atoms with Crippen molar-refractivity contribution in [2.24, 2.45) is 0 Å². The molecule has 6 heteroatoms. The average molecular weight is 301 g/mol. The molecule has 1 aromatic heterocycles. The lowest BCUT2D eigenvalue weighted by molar-refractivity contribution is 0.0910. The fourth-order valence-corrected chi connectivity index (χ4v) is 2.75. The molecule has 116 valence electrons. The lowest BCUT2D eigenvalue weighted by Crippen LogP contribution is -2.29. The number of aliphatic hydroxyl groups excluding tert-OH is 1. The number of aliphatic hydroxyl groups is 1. The molecule has 1 aromatic carbocycles. The van der Waals surface area contributed by atoms with E-state index in [1.165, 1.54) is 0 Å². The first kappa shape index (κ1) is 14.6. The minimum Gasteiger partial charge on any atom is -0.497 e. The summed E-state index contributed by atoms with van der Waals surface area (Å²) in [6.07, 6.45) is 2.09. The molecule has 0 radical (unpaired) electrons. The molecule has 22 heavy (non-hydrogen) atoms. The van der Waals surface area contributed by atoms with Crippen LogP contribution in [0.2, 0.25) is 0 Å². The minimum absolute atomic E-state index is 0.133. The maximum atomic E-state index is 12.2. The number of methoxy groups -OCH3 is 1. The maximum Gasteiger partial charge on any atom is 0.272 e. The number of nitrogens with zero attached hydrogens (tertiary/aromatic N) is 1. The zero-order valence-electron chi connectivity index (χ0n) is 12.4. The van der Waals surface area contributed by atoms with Crippen LogP contribution in [-0.4, -0.2) is 34.9 Å². The third-order valence-corrected chi connectivity index (χ3v) is 3.96. The van der Waals surface area contributed by atoms with Gasteiger partial charge in [-0.2, -0.15) is 5.10 Å². The zero-order valence-corrected chi connectivity index (χ0v) is 12.4. The SMILES string of the molecule is COc1cccc(C(O)CNC(=O)c2n[nH]c3c2CCC3)c1. The van der Waals surface area contributed by atoms with Gasteiger partial charge in [-0.25, -0.2) is 0 Å². The third kappa shape index (κ3) is 2.82. The lowest BCUT2D eigenvalue weighted by atomic mass is 10.1. The Bertz CT molecular complexity index is 681. The highest BCUT2D eigenvalue weighted by Crippen LogP contribution is 2.23. The maximum absolute atomic E-state index is 12.2. The Morgan fingerprint density at radius 2 is 2.36 bits per heavy atom. The van der Waals surface area contributed by atoms with Crippen LogP contribution in [0.5, 0.6) is 5.75 Å². The summed E-state index contributed by atoms with van der Waals surface area (Å²) >= 11 is 0. The summed E-state index contributed by atoms with van der Waals surface area (Å²) in [5, 5.41) is 19.9. The summed E-state index contributed by atoms with van der Waals surface area (Å²) in [7, 11) is 1.57. The highest BCUT2D eigenvalue weighted by molar-refractivity contribution is 5.94. The molecule has 2 aromatic rings. The number of benzene rings is 1. The van der Waals surface area contributed by atoms with Crippen LogP contribution in [0.4, 0.5) is 0 Å². The Morgan fingerprint density at radius 1 is 1.50 bits per heavy atom. The second-order valence-corrected chi connectivity index (χ2v) is 5.39. The van der Waals surface area contributed by atoms with Crippen LogP contribution >= 0.6 is 0 Å². The highest BCUT2D eigenvalue weighted by Gasteiger charge is 2.23. The molecule has 6 nitrogen and oxygen atoms in total. The topological polar surface area (TPSA) is 87.2 Å². The molecule has 0 fully saturated rings. The number of carbonyl (C=O) groups excluding carboxylic acids is 1. The number of nitrogens with one attached hydrogen (secondary N) is 2. The van der Waals surface area contributed by atoms with Crippen molar-refractivity contribution in [3.8, 4) is 5.75 Å². The van der Waals surface area contributed by atoms with Crippen molar-refractivity contribution < 1.29 is 14.6 Å². The van der Waals surface area contributed by atoms with Gasteiger partial charge in [0.25, 0.3) is 5.91 Å². The van der Waals surface area contributed by atoms with Crippen LogP contribution in [0, 0.1) is 0 Å². The van der Waals surface area contributed by atoms with Crippen LogP contribution in [0.25, 0.3) is 0 Å². The number of H-pyrrole nitrogens is 1. The van der Waals surface area contributed by atoms with Gasteiger partial charge in [-0.1, -0.05) is 12.1 Å². The number of aromatic nitrogens is 2. The summed E-state index contributed by atoms with van der Waals surface area (Å²) in [5.74, 6) is 0.425. The predicted molar refractivity (Wildman–Crippen MR) is 80.9 cm³/mol. The Kier molecular flexibility index (Phi) is 4.11. The fourth-order valence-electron chi connectivity index (χ4n) is 2.75. The molecule has 0 spiro atoms. The average Bonchev–Trinajstić information content (AvgIpc) is 3.15. The monoisotopic (exact) mass is 301 g/mol. The van der Waals surface area contributed by atoms with E-state index in [9.17, 15) is 9.90 Å². The van der Waals surface area contributed by atoms with Crippen LogP contribution in [-0.2, 0) is 12.8 Å². The molecule has 1 aliphatic rings. The van der Waals surface area contributed by atoms with Crippen molar-refractivity contribution in [2.45, 2.75) is 25.4 Å². The highest BCUT2D eigenvalue weighted by atomic mass is 16.5. The van der Waals surface area contributed by atoms with Gasteiger partial charge >= 0.3 is 0 Å². The summed E-state index contributed by atoms with van der Waals surface area (Å²) in [5.41, 5.74) is 3.21. The van der Waals surface area contributed by atoms with E-state index in [0.717, 1.165) is 30.5 Å². The Morgan fingerprint density at radius 3 is 3.18 bits per heavy atom. The van der Waals surface area contributed by atoms with Crippen molar-refractivity contribution in [3.63, 3.8) is 0 Å². The number of fused-ring (bicyclic) bond motifs is 1. The van der Waals surface area contributed by atoms with Gasteiger partial charge in [-0.3, -0.25) is 9.89 Å². The smallest absolute Gasteiger partial charge is 0.272 e. The molecule has 3 N–H and O–H groups in total. The Labute approximate surface area is 128 Å². The molecule has 0 saturated heterocycles. The van der Waals surface area contributed by atoms with Gasteiger partial charge in [-0.15, -0.1) is 0 Å². The number of aryl methyl sites for hydroxylation is 1. The summed E-state index contributed by atoms with van der Waals surface area (Å²) in [6, 6.07) is 7.16. The number of hydrogen-bond acceptors (Lipinski definition) is 4. The molecular weight excluding hydrogens is 282 g/mol. The number of hydrogen-bond donors (Lipinski definition) is 3. The molecule has 1 atom stereocenters. The van der Waals surface area contributed by atoms with Gasteiger partial charge < -0.3 is 15.2 Å². The second-order valence-electron chi connectivity index (χ2n) is 5.39. The standard InChI is InChI=1S/C16H19N3O3/c1-22-11-5-2-4-10(8-11)14(20)9-17-16(21)15-12-6-3-7-13(12)18-19-15/h2,4-5,8,14,20H,3,6-7,9H2,1H3,(H,17,21)(H,18,19). The fraction of sp³-hybridized carbons (Fsp3) is 0.375. The van der Waals surface area contributed by atoms with E-state index in [0.29, 0.717) is 17.0 Å². The van der Waals surface area contributed by atoms with E-state index in [-0.39, 0.29) is 12.5 Å². The van der Waals surface area contributed by atoms with Crippen LogP contribution in [0.15, 0.2) is 24.3 Å².